The summed E-state index contributed by atoms with van der Waals surface area (Å²) >= 11 is 0. The van der Waals surface area contributed by atoms with Crippen LogP contribution in [0, 0.1) is 0 Å². The zero-order valence-electron chi connectivity index (χ0n) is 6.20. The van der Waals surface area contributed by atoms with Crippen molar-refractivity contribution in [2.45, 2.75) is 12.6 Å². The summed E-state index contributed by atoms with van der Waals surface area (Å²) in [6.07, 6.45) is 2.74. The van der Waals surface area contributed by atoms with Crippen LogP contribution in [0.3, 0.4) is 0 Å². The van der Waals surface area contributed by atoms with Crippen molar-refractivity contribution in [2.24, 2.45) is 5.73 Å². The van der Waals surface area contributed by atoms with Gasteiger partial charge in [0.2, 0.25) is 0 Å². The first-order valence-electron chi connectivity index (χ1n) is 3.56. The Kier molecular flexibility index (Phi) is 2.98. The maximum atomic E-state index is 12.7. The van der Waals surface area contributed by atoms with Crippen LogP contribution in [-0.2, 0) is 6.42 Å². The van der Waals surface area contributed by atoms with Crippen molar-refractivity contribution in [1.82, 2.24) is 4.98 Å². The van der Waals surface area contributed by atoms with Crippen LogP contribution < -0.4 is 5.73 Å². The van der Waals surface area contributed by atoms with Gasteiger partial charge < -0.3 is 5.73 Å². The molecule has 2 nitrogen and oxygen atoms in total. The van der Waals surface area contributed by atoms with E-state index in [1.54, 1.807) is 18.5 Å². The van der Waals surface area contributed by atoms with Crippen molar-refractivity contribution in [2.75, 3.05) is 6.54 Å². The monoisotopic (exact) mass is 154 g/mol. The Hall–Kier alpha value is -0.960. The van der Waals surface area contributed by atoms with Crippen molar-refractivity contribution in [3.8, 4) is 0 Å². The Morgan fingerprint density at radius 3 is 3.00 bits per heavy atom. The van der Waals surface area contributed by atoms with E-state index in [-0.39, 0.29) is 6.54 Å². The molecule has 1 heterocycles. The number of aromatic nitrogens is 1. The third-order valence-electron chi connectivity index (χ3n) is 1.44. The van der Waals surface area contributed by atoms with E-state index in [2.05, 4.69) is 4.98 Å². The molecule has 1 atom stereocenters. The Bertz CT molecular complexity index is 201. The Labute approximate surface area is 65.3 Å². The van der Waals surface area contributed by atoms with Gasteiger partial charge in [0, 0.05) is 25.4 Å². The quantitative estimate of drug-likeness (QED) is 0.703. The highest BCUT2D eigenvalue weighted by molar-refractivity contribution is 5.09. The molecule has 0 fully saturated rings. The average molecular weight is 154 g/mol. The van der Waals surface area contributed by atoms with E-state index in [4.69, 9.17) is 5.73 Å². The lowest BCUT2D eigenvalue weighted by Gasteiger charge is -2.03. The summed E-state index contributed by atoms with van der Waals surface area (Å²) in [5.41, 5.74) is 6.02. The van der Waals surface area contributed by atoms with E-state index in [0.29, 0.717) is 6.42 Å². The largest absolute Gasteiger partial charge is 0.328 e. The summed E-state index contributed by atoms with van der Waals surface area (Å²) in [6.45, 7) is 0.0783. The average Bonchev–Trinajstić information content (AvgIpc) is 2.06. The third-order valence-corrected chi connectivity index (χ3v) is 1.44. The van der Waals surface area contributed by atoms with Crippen LogP contribution in [0.25, 0.3) is 0 Å². The number of alkyl halides is 1. The van der Waals surface area contributed by atoms with Crippen LogP contribution in [-0.4, -0.2) is 17.7 Å². The van der Waals surface area contributed by atoms with Crippen LogP contribution in [0.5, 0.6) is 0 Å². The van der Waals surface area contributed by atoms with Crippen LogP contribution in [0.4, 0.5) is 4.39 Å². The van der Waals surface area contributed by atoms with E-state index >= 15 is 0 Å². The second kappa shape index (κ2) is 4.03. The molecule has 0 aliphatic carbocycles. The van der Waals surface area contributed by atoms with Gasteiger partial charge >= 0.3 is 0 Å². The van der Waals surface area contributed by atoms with Crippen molar-refractivity contribution < 1.29 is 4.39 Å². The van der Waals surface area contributed by atoms with Crippen molar-refractivity contribution in [3.63, 3.8) is 0 Å². The SMILES string of the molecule is NCC(F)Cc1cccnc1. The lowest BCUT2D eigenvalue weighted by atomic mass is 10.1. The molecule has 2 N–H and O–H groups in total. The number of hydrogen-bond donors (Lipinski definition) is 1. The summed E-state index contributed by atoms with van der Waals surface area (Å²) in [5.74, 6) is 0. The molecule has 0 aromatic carbocycles. The van der Waals surface area contributed by atoms with Gasteiger partial charge in [0.05, 0.1) is 0 Å². The molecule has 0 aliphatic rings. The summed E-state index contributed by atoms with van der Waals surface area (Å²) in [7, 11) is 0. The molecule has 1 unspecified atom stereocenters. The molecule has 0 radical (unpaired) electrons. The maximum Gasteiger partial charge on any atom is 0.116 e. The van der Waals surface area contributed by atoms with Gasteiger partial charge in [-0.2, -0.15) is 0 Å². The highest BCUT2D eigenvalue weighted by atomic mass is 19.1. The molecule has 11 heavy (non-hydrogen) atoms. The van der Waals surface area contributed by atoms with Gasteiger partial charge in [-0.1, -0.05) is 6.07 Å². The number of pyridine rings is 1. The maximum absolute atomic E-state index is 12.7. The van der Waals surface area contributed by atoms with Crippen LogP contribution in [0.1, 0.15) is 5.56 Å². The second-order valence-electron chi connectivity index (χ2n) is 2.40. The molecule has 0 bridgehead atoms. The van der Waals surface area contributed by atoms with E-state index in [0.717, 1.165) is 5.56 Å². The highest BCUT2D eigenvalue weighted by Gasteiger charge is 2.03. The Morgan fingerprint density at radius 2 is 2.45 bits per heavy atom. The van der Waals surface area contributed by atoms with Crippen LogP contribution >= 0.6 is 0 Å². The molecule has 0 saturated carbocycles. The van der Waals surface area contributed by atoms with Gasteiger partial charge in [-0.15, -0.1) is 0 Å². The number of nitrogens with zero attached hydrogens (tertiary/aromatic N) is 1. The molecular weight excluding hydrogens is 143 g/mol. The summed E-state index contributed by atoms with van der Waals surface area (Å²) in [5, 5.41) is 0. The minimum Gasteiger partial charge on any atom is -0.328 e. The zero-order valence-corrected chi connectivity index (χ0v) is 6.20. The van der Waals surface area contributed by atoms with Gasteiger partial charge in [0.1, 0.15) is 6.17 Å². The smallest absolute Gasteiger partial charge is 0.116 e. The highest BCUT2D eigenvalue weighted by Crippen LogP contribution is 2.02. The van der Waals surface area contributed by atoms with Gasteiger partial charge in [-0.05, 0) is 11.6 Å². The molecule has 0 amide bonds. The molecule has 1 aromatic heterocycles. The fraction of sp³-hybridized carbons (Fsp3) is 0.375. The molecule has 0 aliphatic heterocycles. The topological polar surface area (TPSA) is 38.9 Å². The molecule has 0 spiro atoms. The Morgan fingerprint density at radius 1 is 1.64 bits per heavy atom. The first-order valence-corrected chi connectivity index (χ1v) is 3.56. The minimum absolute atomic E-state index is 0.0783. The molecule has 1 rings (SSSR count). The fourth-order valence-electron chi connectivity index (χ4n) is 0.858. The van der Waals surface area contributed by atoms with Crippen LogP contribution in [0.15, 0.2) is 24.5 Å². The first-order chi connectivity index (χ1) is 5.33. The van der Waals surface area contributed by atoms with Gasteiger partial charge in [0.25, 0.3) is 0 Å². The number of nitrogens with two attached hydrogens (primary N) is 1. The number of halogens is 1. The Balaban J connectivity index is 2.51. The van der Waals surface area contributed by atoms with Crippen molar-refractivity contribution in [3.05, 3.63) is 30.1 Å². The summed E-state index contributed by atoms with van der Waals surface area (Å²) in [4.78, 5) is 3.86. The van der Waals surface area contributed by atoms with Gasteiger partial charge in [0.15, 0.2) is 0 Å². The third kappa shape index (κ3) is 2.63. The second-order valence-corrected chi connectivity index (χ2v) is 2.40. The lowest BCUT2D eigenvalue weighted by molar-refractivity contribution is 0.340. The van der Waals surface area contributed by atoms with Crippen LogP contribution in [0.2, 0.25) is 0 Å². The lowest BCUT2D eigenvalue weighted by Crippen LogP contribution is -2.17. The number of rotatable bonds is 3. The summed E-state index contributed by atoms with van der Waals surface area (Å²) in [6, 6.07) is 3.63. The summed E-state index contributed by atoms with van der Waals surface area (Å²) < 4.78 is 12.7. The van der Waals surface area contributed by atoms with Crippen molar-refractivity contribution >= 4 is 0 Å². The van der Waals surface area contributed by atoms with E-state index < -0.39 is 6.17 Å². The van der Waals surface area contributed by atoms with Crippen molar-refractivity contribution in [1.29, 1.82) is 0 Å². The predicted molar refractivity (Wildman–Crippen MR) is 41.9 cm³/mol. The molecular formula is C8H11FN2. The first kappa shape index (κ1) is 8.14. The van der Waals surface area contributed by atoms with E-state index in [1.165, 1.54) is 0 Å². The van der Waals surface area contributed by atoms with E-state index in [9.17, 15) is 4.39 Å². The molecule has 1 aromatic rings. The zero-order chi connectivity index (χ0) is 8.10. The number of hydrogen-bond acceptors (Lipinski definition) is 2. The van der Waals surface area contributed by atoms with Gasteiger partial charge in [-0.3, -0.25) is 4.98 Å². The van der Waals surface area contributed by atoms with E-state index in [1.807, 2.05) is 6.07 Å². The molecule has 60 valence electrons. The predicted octanol–water partition coefficient (Wildman–Crippen LogP) is 0.921. The molecule has 3 heteroatoms. The normalized spacial score (nSPS) is 12.9. The molecule has 0 saturated heterocycles. The fourth-order valence-corrected chi connectivity index (χ4v) is 0.858. The minimum atomic E-state index is -0.945. The van der Waals surface area contributed by atoms with Gasteiger partial charge in [-0.25, -0.2) is 4.39 Å². The standard InChI is InChI=1S/C8H11FN2/c9-8(5-10)4-7-2-1-3-11-6-7/h1-3,6,8H,4-5,10H2.